The second kappa shape index (κ2) is 6.21. The lowest BCUT2D eigenvalue weighted by Gasteiger charge is -2.36. The lowest BCUT2D eigenvalue weighted by atomic mass is 9.83. The zero-order valence-corrected chi connectivity index (χ0v) is 15.4. The molecule has 1 aromatic rings. The summed E-state index contributed by atoms with van der Waals surface area (Å²) < 4.78 is 0. The van der Waals surface area contributed by atoms with Crippen molar-refractivity contribution >= 4 is 13.8 Å². The van der Waals surface area contributed by atoms with Crippen LogP contribution in [0, 0.1) is 0 Å². The Hall–Kier alpha value is -1.06. The van der Waals surface area contributed by atoms with Gasteiger partial charge in [0.1, 0.15) is 0 Å². The quantitative estimate of drug-likeness (QED) is 0.798. The van der Waals surface area contributed by atoms with Crippen LogP contribution in [0.25, 0.3) is 0 Å². The largest absolute Gasteiger partial charge is 0.380 e. The van der Waals surface area contributed by atoms with Gasteiger partial charge < -0.3 is 10.6 Å². The van der Waals surface area contributed by atoms with E-state index in [2.05, 4.69) is 67.5 Å². The molecule has 1 fully saturated rings. The van der Waals surface area contributed by atoms with Gasteiger partial charge in [-0.15, -0.1) is 0 Å². The smallest absolute Gasteiger partial charge is 0.0720 e. The molecule has 0 spiro atoms. The van der Waals surface area contributed by atoms with Crippen molar-refractivity contribution in [1.82, 2.24) is 5.32 Å². The zero-order valence-electron chi connectivity index (χ0n) is 14.4. The lowest BCUT2D eigenvalue weighted by molar-refractivity contribution is 0.328. The Bertz CT molecular complexity index is 559. The van der Waals surface area contributed by atoms with Gasteiger partial charge in [-0.1, -0.05) is 49.1 Å². The van der Waals surface area contributed by atoms with Crippen molar-refractivity contribution in [2.45, 2.75) is 63.8 Å². The van der Waals surface area contributed by atoms with E-state index in [1.807, 2.05) is 0 Å². The van der Waals surface area contributed by atoms with Gasteiger partial charge in [0.05, 0.1) is 8.07 Å². The van der Waals surface area contributed by atoms with Gasteiger partial charge in [-0.05, 0) is 44.4 Å². The van der Waals surface area contributed by atoms with Crippen LogP contribution in [0.4, 0.5) is 5.69 Å². The van der Waals surface area contributed by atoms with Crippen LogP contribution in [0.3, 0.4) is 0 Å². The van der Waals surface area contributed by atoms with E-state index < -0.39 is 8.07 Å². The third kappa shape index (κ3) is 3.02. The molecule has 1 saturated heterocycles. The summed E-state index contributed by atoms with van der Waals surface area (Å²) in [6.45, 7) is 10.8. The molecule has 2 N–H and O–H groups in total. The number of para-hydroxylation sites is 1. The minimum atomic E-state index is -1.16. The second-order valence-corrected chi connectivity index (χ2v) is 13.0. The summed E-state index contributed by atoms with van der Waals surface area (Å²) in [5.74, 6) is 0.698. The van der Waals surface area contributed by atoms with E-state index in [1.54, 1.807) is 5.20 Å². The first-order chi connectivity index (χ1) is 10.5. The summed E-state index contributed by atoms with van der Waals surface area (Å²) in [4.78, 5) is 0. The second-order valence-electron chi connectivity index (χ2n) is 7.82. The highest BCUT2D eigenvalue weighted by Gasteiger charge is 2.39. The maximum atomic E-state index is 3.80. The summed E-state index contributed by atoms with van der Waals surface area (Å²) in [5, 5.41) is 9.29. The minimum absolute atomic E-state index is 0.575. The number of nitrogens with one attached hydrogen (secondary N) is 2. The molecule has 0 bridgehead atoms. The normalized spacial score (nSPS) is 28.0. The molecule has 0 unspecified atom stereocenters. The monoisotopic (exact) mass is 314 g/mol. The molecule has 3 heteroatoms. The van der Waals surface area contributed by atoms with Crippen LogP contribution >= 0.6 is 0 Å². The summed E-state index contributed by atoms with van der Waals surface area (Å²) in [6, 6.07) is 10.1. The molecule has 3 rings (SSSR count). The van der Waals surface area contributed by atoms with Crippen LogP contribution in [-0.2, 0) is 0 Å². The summed E-state index contributed by atoms with van der Waals surface area (Å²) in [6.07, 6.45) is 6.15. The van der Waals surface area contributed by atoms with E-state index in [1.165, 1.54) is 30.5 Å². The molecule has 1 aromatic carbocycles. The molecule has 0 aliphatic carbocycles. The van der Waals surface area contributed by atoms with Crippen LogP contribution in [0.2, 0.25) is 19.6 Å². The fraction of sp³-hybridized carbons (Fsp3) is 0.579. The minimum Gasteiger partial charge on any atom is -0.380 e. The number of anilines is 1. The van der Waals surface area contributed by atoms with Gasteiger partial charge in [-0.2, -0.15) is 0 Å². The third-order valence-corrected chi connectivity index (χ3v) is 7.91. The van der Waals surface area contributed by atoms with Gasteiger partial charge in [-0.3, -0.25) is 0 Å². The van der Waals surface area contributed by atoms with Gasteiger partial charge in [-0.25, -0.2) is 0 Å². The molecular weight excluding hydrogens is 284 g/mol. The molecule has 0 radical (unpaired) electrons. The molecule has 0 saturated carbocycles. The molecule has 120 valence electrons. The zero-order chi connectivity index (χ0) is 15.7. The summed E-state index contributed by atoms with van der Waals surface area (Å²) >= 11 is 0. The van der Waals surface area contributed by atoms with Crippen LogP contribution in [0.15, 0.2) is 35.5 Å². The Kier molecular flexibility index (Phi) is 4.46. The molecule has 22 heavy (non-hydrogen) atoms. The Morgan fingerprint density at radius 2 is 2.05 bits per heavy atom. The summed E-state index contributed by atoms with van der Waals surface area (Å²) in [7, 11) is -1.16. The maximum Gasteiger partial charge on any atom is 0.0720 e. The van der Waals surface area contributed by atoms with E-state index >= 15 is 0 Å². The summed E-state index contributed by atoms with van der Waals surface area (Å²) in [5.41, 5.74) is 2.90. The van der Waals surface area contributed by atoms with E-state index in [0.29, 0.717) is 18.0 Å². The maximum absolute atomic E-state index is 3.80. The van der Waals surface area contributed by atoms with Crippen molar-refractivity contribution in [3.05, 3.63) is 41.1 Å². The van der Waals surface area contributed by atoms with Crippen molar-refractivity contribution in [1.29, 1.82) is 0 Å². The number of hydrogen-bond donors (Lipinski definition) is 2. The van der Waals surface area contributed by atoms with Gasteiger partial charge in [0.15, 0.2) is 0 Å². The topological polar surface area (TPSA) is 24.1 Å². The molecule has 2 aliphatic heterocycles. The van der Waals surface area contributed by atoms with Gasteiger partial charge in [0.25, 0.3) is 0 Å². The average molecular weight is 315 g/mol. The Labute approximate surface area is 136 Å². The van der Waals surface area contributed by atoms with Crippen molar-refractivity contribution in [3.63, 3.8) is 0 Å². The molecular formula is C19H30N2Si. The Morgan fingerprint density at radius 3 is 2.77 bits per heavy atom. The Balaban J connectivity index is 1.69. The molecule has 2 nitrogen and oxygen atoms in total. The number of piperidine rings is 1. The van der Waals surface area contributed by atoms with Crippen LogP contribution < -0.4 is 10.6 Å². The van der Waals surface area contributed by atoms with E-state index in [-0.39, 0.29) is 0 Å². The van der Waals surface area contributed by atoms with Gasteiger partial charge in [0.2, 0.25) is 0 Å². The fourth-order valence-corrected chi connectivity index (χ4v) is 6.00. The number of allylic oxidation sites excluding steroid dienone is 2. The number of fused-ring (bicyclic) bond motifs is 3. The number of rotatable bonds is 4. The molecule has 0 aromatic heterocycles. The van der Waals surface area contributed by atoms with Crippen LogP contribution in [-0.4, -0.2) is 26.7 Å². The van der Waals surface area contributed by atoms with Crippen LogP contribution in [0.5, 0.6) is 0 Å². The van der Waals surface area contributed by atoms with Crippen molar-refractivity contribution in [2.75, 3.05) is 11.9 Å². The highest BCUT2D eigenvalue weighted by molar-refractivity contribution is 6.83. The molecule has 2 heterocycles. The predicted molar refractivity (Wildman–Crippen MR) is 99.3 cm³/mol. The number of hydrogen-bond acceptors (Lipinski definition) is 2. The van der Waals surface area contributed by atoms with E-state index in [0.717, 1.165) is 6.54 Å². The van der Waals surface area contributed by atoms with E-state index in [9.17, 15) is 0 Å². The lowest BCUT2D eigenvalue weighted by Crippen LogP contribution is -2.50. The fourth-order valence-electron chi connectivity index (χ4n) is 4.24. The molecule has 0 amide bonds. The average Bonchev–Trinajstić information content (AvgIpc) is 2.86. The van der Waals surface area contributed by atoms with Crippen molar-refractivity contribution in [3.8, 4) is 0 Å². The molecule has 3 atom stereocenters. The predicted octanol–water partition coefficient (Wildman–Crippen LogP) is 4.53. The first-order valence-corrected chi connectivity index (χ1v) is 12.2. The highest BCUT2D eigenvalue weighted by atomic mass is 28.3. The van der Waals surface area contributed by atoms with Crippen molar-refractivity contribution < 1.29 is 0 Å². The van der Waals surface area contributed by atoms with Crippen molar-refractivity contribution in [2.24, 2.45) is 0 Å². The van der Waals surface area contributed by atoms with Gasteiger partial charge >= 0.3 is 0 Å². The first kappa shape index (κ1) is 15.8. The SMILES string of the molecule is C/C=C(\CC[C@@H]1NCC[C@@H]2c3ccccc3N[C@H]12)[Si](C)(C)C. The highest BCUT2D eigenvalue weighted by Crippen LogP contribution is 2.41. The standard InChI is InChI=1S/C19H30N2Si/c1-5-14(22(2,3)4)10-11-18-19-16(12-13-20-18)15-8-6-7-9-17(15)21-19/h5-9,16,18-21H,10-13H2,1-4H3/b14-5+/t16-,18+,19+/m1/s1. The first-order valence-electron chi connectivity index (χ1n) is 8.75. The Morgan fingerprint density at radius 1 is 1.27 bits per heavy atom. The number of benzene rings is 1. The van der Waals surface area contributed by atoms with Crippen LogP contribution in [0.1, 0.15) is 37.7 Å². The van der Waals surface area contributed by atoms with Gasteiger partial charge in [0, 0.05) is 23.7 Å². The third-order valence-electron chi connectivity index (χ3n) is 5.45. The van der Waals surface area contributed by atoms with E-state index in [4.69, 9.17) is 0 Å². The molecule has 2 aliphatic rings.